The van der Waals surface area contributed by atoms with E-state index in [9.17, 15) is 0 Å². The molecule has 0 spiro atoms. The Kier molecular flexibility index (Phi) is 4.38. The van der Waals surface area contributed by atoms with Gasteiger partial charge >= 0.3 is 0 Å². The maximum absolute atomic E-state index is 2.60. The van der Waals surface area contributed by atoms with Crippen molar-refractivity contribution in [3.8, 4) is 0 Å². The molecule has 1 aromatic heterocycles. The number of nitrogens with zero attached hydrogens (tertiary/aromatic N) is 2. The van der Waals surface area contributed by atoms with Crippen LogP contribution in [0.25, 0.3) is 10.9 Å². The molecule has 2 aromatic carbocycles. The van der Waals surface area contributed by atoms with E-state index in [1.165, 1.54) is 52.3 Å². The number of aromatic nitrogens is 1. The molecule has 0 atom stereocenters. The molecule has 0 amide bonds. The minimum absolute atomic E-state index is 0.622. The molecule has 4 rings (SSSR count). The summed E-state index contributed by atoms with van der Waals surface area (Å²) >= 11 is 1.90. The van der Waals surface area contributed by atoms with Crippen molar-refractivity contribution in [2.75, 3.05) is 20.1 Å². The van der Waals surface area contributed by atoms with Crippen LogP contribution >= 0.6 is 11.8 Å². The molecule has 0 radical (unpaired) electrons. The predicted octanol–water partition coefficient (Wildman–Crippen LogP) is 5.37. The van der Waals surface area contributed by atoms with Crippen LogP contribution in [0.3, 0.4) is 0 Å². The second-order valence-corrected chi connectivity index (χ2v) is 7.84. The molecule has 124 valence electrons. The van der Waals surface area contributed by atoms with Crippen molar-refractivity contribution >= 4 is 22.7 Å². The number of hydrogen-bond donors (Lipinski definition) is 0. The predicted molar refractivity (Wildman–Crippen MR) is 103 cm³/mol. The molecule has 3 aromatic rings. The van der Waals surface area contributed by atoms with E-state index in [1.54, 1.807) is 0 Å². The van der Waals surface area contributed by atoms with E-state index < -0.39 is 0 Å². The summed E-state index contributed by atoms with van der Waals surface area (Å²) in [5.41, 5.74) is 2.81. The highest BCUT2D eigenvalue weighted by molar-refractivity contribution is 7.99. The lowest BCUT2D eigenvalue weighted by Crippen LogP contribution is -2.31. The molecule has 24 heavy (non-hydrogen) atoms. The van der Waals surface area contributed by atoms with Gasteiger partial charge in [0.15, 0.2) is 0 Å². The van der Waals surface area contributed by atoms with Gasteiger partial charge in [0.25, 0.3) is 0 Å². The van der Waals surface area contributed by atoms with Crippen molar-refractivity contribution in [3.05, 3.63) is 60.3 Å². The van der Waals surface area contributed by atoms with Crippen LogP contribution in [-0.4, -0.2) is 29.6 Å². The van der Waals surface area contributed by atoms with E-state index in [-0.39, 0.29) is 0 Å². The average Bonchev–Trinajstić information content (AvgIpc) is 2.89. The first-order valence-electron chi connectivity index (χ1n) is 8.75. The number of hydrogen-bond acceptors (Lipinski definition) is 2. The minimum Gasteiger partial charge on any atom is -0.341 e. The van der Waals surface area contributed by atoms with E-state index in [4.69, 9.17) is 0 Å². The second-order valence-electron chi connectivity index (χ2n) is 6.75. The largest absolute Gasteiger partial charge is 0.341 e. The van der Waals surface area contributed by atoms with Gasteiger partial charge in [0.05, 0.1) is 0 Å². The van der Waals surface area contributed by atoms with E-state index >= 15 is 0 Å². The van der Waals surface area contributed by atoms with Crippen LogP contribution in [0, 0.1) is 6.92 Å². The Morgan fingerprint density at radius 3 is 2.33 bits per heavy atom. The third-order valence-corrected chi connectivity index (χ3v) is 6.34. The quantitative estimate of drug-likeness (QED) is 0.635. The highest BCUT2D eigenvalue weighted by Gasteiger charge is 2.23. The average molecular weight is 337 g/mol. The van der Waals surface area contributed by atoms with E-state index in [2.05, 4.69) is 78.0 Å². The molecule has 1 fully saturated rings. The Hall–Kier alpha value is -1.71. The van der Waals surface area contributed by atoms with Gasteiger partial charge in [0, 0.05) is 32.4 Å². The fourth-order valence-corrected chi connectivity index (χ4v) is 4.88. The van der Waals surface area contributed by atoms with Crippen molar-refractivity contribution in [2.24, 2.45) is 0 Å². The highest BCUT2D eigenvalue weighted by Crippen LogP contribution is 2.41. The van der Waals surface area contributed by atoms with Gasteiger partial charge in [-0.25, -0.2) is 0 Å². The van der Waals surface area contributed by atoms with E-state index in [0.29, 0.717) is 6.04 Å². The Labute approximate surface area is 148 Å². The summed E-state index contributed by atoms with van der Waals surface area (Å²) in [7, 11) is 2.23. The van der Waals surface area contributed by atoms with Gasteiger partial charge in [-0.3, -0.25) is 0 Å². The molecular weight excluding hydrogens is 312 g/mol. The van der Waals surface area contributed by atoms with E-state index in [1.807, 2.05) is 11.8 Å². The van der Waals surface area contributed by atoms with E-state index in [0.717, 1.165) is 0 Å². The Morgan fingerprint density at radius 1 is 0.917 bits per heavy atom. The standard InChI is InChI=1S/C21H24N2S/c1-16-21(24-18-8-4-3-5-9-18)19-10-6-7-11-20(19)23(16)17-12-14-22(2)15-13-17/h3-11,17H,12-15H2,1-2H3. The first kappa shape index (κ1) is 15.8. The molecule has 2 nitrogen and oxygen atoms in total. The molecule has 1 aliphatic rings. The van der Waals surface area contributed by atoms with Crippen LogP contribution in [0.2, 0.25) is 0 Å². The van der Waals surface area contributed by atoms with Gasteiger partial charge in [-0.1, -0.05) is 48.2 Å². The van der Waals surface area contributed by atoms with Gasteiger partial charge < -0.3 is 9.47 Å². The number of piperidine rings is 1. The summed E-state index contributed by atoms with van der Waals surface area (Å²) in [6.07, 6.45) is 2.48. The SMILES string of the molecule is Cc1c(Sc2ccccc2)c2ccccc2n1C1CCN(C)CC1. The Bertz CT molecular complexity index is 830. The normalized spacial score (nSPS) is 16.8. The molecule has 0 unspecified atom stereocenters. The van der Waals surface area contributed by atoms with Crippen molar-refractivity contribution in [2.45, 2.75) is 35.6 Å². The molecule has 1 aliphatic heterocycles. The summed E-state index contributed by atoms with van der Waals surface area (Å²) in [6, 6.07) is 20.2. The van der Waals surface area contributed by atoms with Gasteiger partial charge in [-0.2, -0.15) is 0 Å². The molecular formula is C21H24N2S. The fourth-order valence-electron chi connectivity index (χ4n) is 3.82. The second kappa shape index (κ2) is 6.66. The lowest BCUT2D eigenvalue weighted by molar-refractivity contribution is 0.222. The third-order valence-electron chi connectivity index (χ3n) is 5.11. The van der Waals surface area contributed by atoms with Crippen molar-refractivity contribution in [1.82, 2.24) is 9.47 Å². The summed E-state index contributed by atoms with van der Waals surface area (Å²) in [5.74, 6) is 0. The number of rotatable bonds is 3. The van der Waals surface area contributed by atoms with Gasteiger partial charge in [-0.15, -0.1) is 0 Å². The number of benzene rings is 2. The number of likely N-dealkylation sites (tertiary alicyclic amines) is 1. The summed E-state index contributed by atoms with van der Waals surface area (Å²) in [6.45, 7) is 4.68. The third kappa shape index (κ3) is 2.87. The molecule has 0 bridgehead atoms. The highest BCUT2D eigenvalue weighted by atomic mass is 32.2. The maximum Gasteiger partial charge on any atom is 0.0496 e. The van der Waals surface area contributed by atoms with Crippen LogP contribution in [0.1, 0.15) is 24.6 Å². The number of para-hydroxylation sites is 1. The zero-order valence-corrected chi connectivity index (χ0v) is 15.2. The van der Waals surface area contributed by atoms with Crippen molar-refractivity contribution in [3.63, 3.8) is 0 Å². The smallest absolute Gasteiger partial charge is 0.0496 e. The van der Waals surface area contributed by atoms with Crippen molar-refractivity contribution < 1.29 is 0 Å². The molecule has 0 saturated carbocycles. The molecule has 2 heterocycles. The topological polar surface area (TPSA) is 8.17 Å². The first-order chi connectivity index (χ1) is 11.7. The van der Waals surface area contributed by atoms with Crippen LogP contribution in [0.4, 0.5) is 0 Å². The minimum atomic E-state index is 0.622. The fraction of sp³-hybridized carbons (Fsp3) is 0.333. The van der Waals surface area contributed by atoms with Crippen molar-refractivity contribution in [1.29, 1.82) is 0 Å². The summed E-state index contributed by atoms with van der Waals surface area (Å²) in [5, 5.41) is 1.39. The zero-order valence-electron chi connectivity index (χ0n) is 14.4. The Morgan fingerprint density at radius 2 is 1.58 bits per heavy atom. The van der Waals surface area contributed by atoms with Crippen LogP contribution < -0.4 is 0 Å². The zero-order chi connectivity index (χ0) is 16.5. The van der Waals surface area contributed by atoms with Gasteiger partial charge in [0.2, 0.25) is 0 Å². The monoisotopic (exact) mass is 336 g/mol. The van der Waals surface area contributed by atoms with Gasteiger partial charge in [-0.05, 0) is 58.1 Å². The molecule has 1 saturated heterocycles. The first-order valence-corrected chi connectivity index (χ1v) is 9.56. The molecule has 0 N–H and O–H groups in total. The maximum atomic E-state index is 2.60. The van der Waals surface area contributed by atoms with Crippen LogP contribution in [0.5, 0.6) is 0 Å². The Balaban J connectivity index is 1.79. The molecule has 0 aliphatic carbocycles. The van der Waals surface area contributed by atoms with Crippen LogP contribution in [-0.2, 0) is 0 Å². The summed E-state index contributed by atoms with van der Waals surface area (Å²) < 4.78 is 2.60. The lowest BCUT2D eigenvalue weighted by Gasteiger charge is -2.31. The van der Waals surface area contributed by atoms with Crippen LogP contribution in [0.15, 0.2) is 64.4 Å². The lowest BCUT2D eigenvalue weighted by atomic mass is 10.0. The number of fused-ring (bicyclic) bond motifs is 1. The summed E-state index contributed by atoms with van der Waals surface area (Å²) in [4.78, 5) is 5.17. The van der Waals surface area contributed by atoms with Gasteiger partial charge in [0.1, 0.15) is 0 Å². The molecule has 3 heteroatoms.